The highest BCUT2D eigenvalue weighted by atomic mass is 19.1. The fourth-order valence-electron chi connectivity index (χ4n) is 2.98. The van der Waals surface area contributed by atoms with E-state index in [0.29, 0.717) is 12.1 Å². The smallest absolute Gasteiger partial charge is 0.221 e. The first-order valence-electron chi connectivity index (χ1n) is 8.74. The quantitative estimate of drug-likeness (QED) is 0.702. The van der Waals surface area contributed by atoms with Gasteiger partial charge in [-0.15, -0.1) is 0 Å². The van der Waals surface area contributed by atoms with Gasteiger partial charge >= 0.3 is 0 Å². The molecule has 2 aromatic carbocycles. The summed E-state index contributed by atoms with van der Waals surface area (Å²) in [6.45, 7) is 3.21. The zero-order chi connectivity index (χ0) is 18.4. The molecule has 4 nitrogen and oxygen atoms in total. The molecule has 0 saturated carbocycles. The Balaban J connectivity index is 1.73. The second-order valence-electron chi connectivity index (χ2n) is 6.17. The van der Waals surface area contributed by atoms with Crippen molar-refractivity contribution in [2.24, 2.45) is 0 Å². The second-order valence-corrected chi connectivity index (χ2v) is 6.17. The molecule has 26 heavy (non-hydrogen) atoms. The molecule has 0 saturated heterocycles. The largest absolute Gasteiger partial charge is 0.352 e. The number of hydrogen-bond acceptors (Lipinski definition) is 2. The van der Waals surface area contributed by atoms with Crippen LogP contribution in [0.1, 0.15) is 36.0 Å². The predicted octanol–water partition coefficient (Wildman–Crippen LogP) is 3.88. The summed E-state index contributed by atoms with van der Waals surface area (Å²) in [6.07, 6.45) is 3.84. The Hall–Kier alpha value is -2.95. The molecule has 1 heterocycles. The second kappa shape index (κ2) is 8.43. The third-order valence-electron chi connectivity index (χ3n) is 4.37. The molecule has 0 aliphatic rings. The minimum Gasteiger partial charge on any atom is -0.352 e. The summed E-state index contributed by atoms with van der Waals surface area (Å²) in [6, 6.07) is 16.2. The van der Waals surface area contributed by atoms with Crippen LogP contribution in [0.25, 0.3) is 0 Å². The molecule has 0 bridgehead atoms. The van der Waals surface area contributed by atoms with Crippen LogP contribution in [0.5, 0.6) is 0 Å². The number of rotatable bonds is 7. The van der Waals surface area contributed by atoms with Crippen LogP contribution in [0, 0.1) is 5.82 Å². The molecule has 1 atom stereocenters. The van der Waals surface area contributed by atoms with Gasteiger partial charge in [0.1, 0.15) is 5.82 Å². The van der Waals surface area contributed by atoms with Gasteiger partial charge < -0.3 is 5.32 Å². The number of halogens is 1. The van der Waals surface area contributed by atoms with Crippen molar-refractivity contribution in [3.63, 3.8) is 0 Å². The van der Waals surface area contributed by atoms with Gasteiger partial charge in [-0.1, -0.05) is 48.5 Å². The van der Waals surface area contributed by atoms with Crippen molar-refractivity contribution < 1.29 is 9.18 Å². The number of carbonyl (C=O) groups excluding carboxylic acids is 1. The number of nitrogens with zero attached hydrogens (tertiary/aromatic N) is 2. The van der Waals surface area contributed by atoms with Gasteiger partial charge in [0.2, 0.25) is 5.91 Å². The SMILES string of the molecule is CCn1cc(CNC(=O)C[C@H](c2ccccc2)c2ccccc2F)cn1. The maximum absolute atomic E-state index is 14.3. The first kappa shape index (κ1) is 17.9. The first-order chi connectivity index (χ1) is 12.7. The fraction of sp³-hybridized carbons (Fsp3) is 0.238. The number of aromatic nitrogens is 2. The van der Waals surface area contributed by atoms with E-state index in [1.54, 1.807) is 24.4 Å². The Morgan fingerprint density at radius 1 is 1.15 bits per heavy atom. The van der Waals surface area contributed by atoms with E-state index in [0.717, 1.165) is 17.7 Å². The van der Waals surface area contributed by atoms with E-state index in [-0.39, 0.29) is 24.1 Å². The summed E-state index contributed by atoms with van der Waals surface area (Å²) in [4.78, 5) is 12.5. The Morgan fingerprint density at radius 2 is 1.88 bits per heavy atom. The molecule has 3 rings (SSSR count). The van der Waals surface area contributed by atoms with Crippen molar-refractivity contribution in [2.75, 3.05) is 0 Å². The summed E-state index contributed by atoms with van der Waals surface area (Å²) in [5.74, 6) is -0.736. The van der Waals surface area contributed by atoms with Gasteiger partial charge in [0, 0.05) is 37.2 Å². The van der Waals surface area contributed by atoms with Crippen molar-refractivity contribution in [3.05, 3.63) is 89.5 Å². The van der Waals surface area contributed by atoms with E-state index in [4.69, 9.17) is 0 Å². The minimum absolute atomic E-state index is 0.119. The van der Waals surface area contributed by atoms with Crippen LogP contribution >= 0.6 is 0 Å². The van der Waals surface area contributed by atoms with Gasteiger partial charge in [0.15, 0.2) is 0 Å². The van der Waals surface area contributed by atoms with Gasteiger partial charge in [-0.3, -0.25) is 9.48 Å². The third-order valence-corrected chi connectivity index (χ3v) is 4.37. The number of carbonyl (C=O) groups is 1. The van der Waals surface area contributed by atoms with Crippen LogP contribution in [0.2, 0.25) is 0 Å². The molecule has 0 aliphatic heterocycles. The lowest BCUT2D eigenvalue weighted by molar-refractivity contribution is -0.121. The highest BCUT2D eigenvalue weighted by molar-refractivity contribution is 5.77. The van der Waals surface area contributed by atoms with Crippen molar-refractivity contribution in [1.82, 2.24) is 15.1 Å². The molecule has 5 heteroatoms. The van der Waals surface area contributed by atoms with Gasteiger partial charge in [0.05, 0.1) is 6.20 Å². The monoisotopic (exact) mass is 351 g/mol. The number of nitrogens with one attached hydrogen (secondary N) is 1. The van der Waals surface area contributed by atoms with E-state index in [1.807, 2.05) is 48.1 Å². The van der Waals surface area contributed by atoms with Gasteiger partial charge in [-0.05, 0) is 24.1 Å². The number of amides is 1. The van der Waals surface area contributed by atoms with Gasteiger partial charge in [-0.25, -0.2) is 4.39 Å². The van der Waals surface area contributed by atoms with E-state index in [2.05, 4.69) is 10.4 Å². The summed E-state index contributed by atoms with van der Waals surface area (Å²) < 4.78 is 16.1. The van der Waals surface area contributed by atoms with Crippen LogP contribution < -0.4 is 5.32 Å². The first-order valence-corrected chi connectivity index (χ1v) is 8.74. The molecule has 0 aliphatic carbocycles. The van der Waals surface area contributed by atoms with Crippen LogP contribution in [0.15, 0.2) is 67.0 Å². The molecule has 0 spiro atoms. The summed E-state index contributed by atoms with van der Waals surface area (Å²) in [5, 5.41) is 7.11. The summed E-state index contributed by atoms with van der Waals surface area (Å²) in [7, 11) is 0. The van der Waals surface area contributed by atoms with Crippen LogP contribution in [-0.4, -0.2) is 15.7 Å². The topological polar surface area (TPSA) is 46.9 Å². The summed E-state index contributed by atoms with van der Waals surface area (Å²) >= 11 is 0. The molecule has 1 aromatic heterocycles. The number of benzene rings is 2. The van der Waals surface area contributed by atoms with Gasteiger partial charge in [0.25, 0.3) is 0 Å². The van der Waals surface area contributed by atoms with E-state index >= 15 is 0 Å². The average molecular weight is 351 g/mol. The van der Waals surface area contributed by atoms with Crippen LogP contribution in [-0.2, 0) is 17.9 Å². The molecular weight excluding hydrogens is 329 g/mol. The molecular formula is C21H22FN3O. The lowest BCUT2D eigenvalue weighted by Crippen LogP contribution is -2.25. The Kier molecular flexibility index (Phi) is 5.79. The van der Waals surface area contributed by atoms with Crippen molar-refractivity contribution in [1.29, 1.82) is 0 Å². The fourth-order valence-corrected chi connectivity index (χ4v) is 2.98. The zero-order valence-electron chi connectivity index (χ0n) is 14.7. The van der Waals surface area contributed by atoms with Crippen molar-refractivity contribution in [3.8, 4) is 0 Å². The molecule has 0 fully saturated rings. The Labute approximate surface area is 152 Å². The molecule has 0 unspecified atom stereocenters. The third kappa shape index (κ3) is 4.36. The highest BCUT2D eigenvalue weighted by Gasteiger charge is 2.21. The Morgan fingerprint density at radius 3 is 2.58 bits per heavy atom. The molecule has 134 valence electrons. The zero-order valence-corrected chi connectivity index (χ0v) is 14.7. The maximum atomic E-state index is 14.3. The van der Waals surface area contributed by atoms with Gasteiger partial charge in [-0.2, -0.15) is 5.10 Å². The van der Waals surface area contributed by atoms with Crippen LogP contribution in [0.4, 0.5) is 4.39 Å². The molecule has 3 aromatic rings. The molecule has 1 amide bonds. The average Bonchev–Trinajstić information content (AvgIpc) is 3.14. The lowest BCUT2D eigenvalue weighted by atomic mass is 9.88. The Bertz CT molecular complexity index is 860. The maximum Gasteiger partial charge on any atom is 0.221 e. The minimum atomic E-state index is -0.323. The van der Waals surface area contributed by atoms with Crippen LogP contribution in [0.3, 0.4) is 0 Å². The van der Waals surface area contributed by atoms with E-state index in [9.17, 15) is 9.18 Å². The predicted molar refractivity (Wildman–Crippen MR) is 99.0 cm³/mol. The molecule has 1 N–H and O–H groups in total. The normalized spacial score (nSPS) is 11.9. The molecule has 0 radical (unpaired) electrons. The standard InChI is InChI=1S/C21H22FN3O/c1-2-25-15-16(14-24-25)13-23-21(26)12-19(17-8-4-3-5-9-17)18-10-6-7-11-20(18)22/h3-11,14-15,19H,2,12-13H2,1H3,(H,23,26)/t19-/m1/s1. The van der Waals surface area contributed by atoms with E-state index in [1.165, 1.54) is 6.07 Å². The number of aryl methyl sites for hydroxylation is 1. The van der Waals surface area contributed by atoms with Crippen molar-refractivity contribution in [2.45, 2.75) is 32.4 Å². The lowest BCUT2D eigenvalue weighted by Gasteiger charge is -2.18. The highest BCUT2D eigenvalue weighted by Crippen LogP contribution is 2.29. The van der Waals surface area contributed by atoms with Crippen molar-refractivity contribution >= 4 is 5.91 Å². The summed E-state index contributed by atoms with van der Waals surface area (Å²) in [5.41, 5.74) is 2.40. The number of hydrogen-bond donors (Lipinski definition) is 1. The van der Waals surface area contributed by atoms with E-state index < -0.39 is 0 Å².